The first-order valence-corrected chi connectivity index (χ1v) is 7.48. The monoisotopic (exact) mass is 264 g/mol. The maximum atomic E-state index is 4.22. The number of nitrogens with zero attached hydrogens (tertiary/aromatic N) is 3. The zero-order valence-corrected chi connectivity index (χ0v) is 12.8. The number of hydrogen-bond donors (Lipinski definition) is 1. The molecule has 0 spiro atoms. The van der Waals surface area contributed by atoms with E-state index in [0.29, 0.717) is 11.6 Å². The normalized spacial score (nSPS) is 18.9. The van der Waals surface area contributed by atoms with Crippen molar-refractivity contribution in [1.29, 1.82) is 0 Å². The minimum Gasteiger partial charge on any atom is -0.334 e. The zero-order chi connectivity index (χ0) is 13.9. The van der Waals surface area contributed by atoms with Crippen LogP contribution < -0.4 is 5.32 Å². The molecule has 0 atom stereocenters. The van der Waals surface area contributed by atoms with Gasteiger partial charge in [-0.15, -0.1) is 0 Å². The molecule has 1 aliphatic rings. The number of hydrogen-bond acceptors (Lipinski definition) is 3. The van der Waals surface area contributed by atoms with E-state index >= 15 is 0 Å². The van der Waals surface area contributed by atoms with Crippen molar-refractivity contribution >= 4 is 0 Å². The molecule has 1 aliphatic heterocycles. The molecule has 0 aromatic carbocycles. The van der Waals surface area contributed by atoms with Gasteiger partial charge in [0.05, 0.1) is 12.0 Å². The largest absolute Gasteiger partial charge is 0.334 e. The third kappa shape index (κ3) is 3.80. The van der Waals surface area contributed by atoms with Crippen LogP contribution in [0.5, 0.6) is 0 Å². The van der Waals surface area contributed by atoms with E-state index in [1.165, 1.54) is 31.6 Å². The van der Waals surface area contributed by atoms with Crippen LogP contribution in [0.1, 0.15) is 46.2 Å². The summed E-state index contributed by atoms with van der Waals surface area (Å²) in [4.78, 5) is 6.80. The van der Waals surface area contributed by atoms with Crippen molar-refractivity contribution in [2.75, 3.05) is 13.1 Å². The fraction of sp³-hybridized carbons (Fsp3) is 0.800. The Balaban J connectivity index is 1.77. The third-order valence-corrected chi connectivity index (χ3v) is 4.15. The topological polar surface area (TPSA) is 33.1 Å². The number of aromatic nitrogens is 2. The summed E-state index contributed by atoms with van der Waals surface area (Å²) in [6.45, 7) is 13.4. The van der Waals surface area contributed by atoms with Gasteiger partial charge in [0.2, 0.25) is 0 Å². The highest BCUT2D eigenvalue weighted by molar-refractivity contribution is 4.98. The summed E-state index contributed by atoms with van der Waals surface area (Å²) in [6.07, 6.45) is 6.38. The molecular weight excluding hydrogens is 236 g/mol. The first-order valence-electron chi connectivity index (χ1n) is 7.48. The Labute approximate surface area is 117 Å². The van der Waals surface area contributed by atoms with E-state index < -0.39 is 0 Å². The predicted molar refractivity (Wildman–Crippen MR) is 79.1 cm³/mol. The van der Waals surface area contributed by atoms with Crippen LogP contribution >= 0.6 is 0 Å². The molecule has 0 unspecified atom stereocenters. The standard InChI is InChI=1S/C15H28N4/c1-5-18-12-16-10-14(18)11-17-13-6-8-19(9-7-13)15(2,3)4/h10,12-13,17H,5-9,11H2,1-4H3. The van der Waals surface area contributed by atoms with Gasteiger partial charge in [-0.2, -0.15) is 0 Å². The Hall–Kier alpha value is -0.870. The van der Waals surface area contributed by atoms with Crippen molar-refractivity contribution in [2.45, 2.75) is 65.2 Å². The van der Waals surface area contributed by atoms with E-state index in [1.807, 2.05) is 12.5 Å². The second-order valence-electron chi connectivity index (χ2n) is 6.48. The van der Waals surface area contributed by atoms with Crippen molar-refractivity contribution in [3.63, 3.8) is 0 Å². The van der Waals surface area contributed by atoms with Gasteiger partial charge in [0, 0.05) is 44.0 Å². The number of piperidine rings is 1. The second kappa shape index (κ2) is 6.06. The van der Waals surface area contributed by atoms with Crippen LogP contribution in [-0.2, 0) is 13.1 Å². The summed E-state index contributed by atoms with van der Waals surface area (Å²) in [7, 11) is 0. The summed E-state index contributed by atoms with van der Waals surface area (Å²) in [5.41, 5.74) is 1.60. The quantitative estimate of drug-likeness (QED) is 0.905. The number of nitrogens with one attached hydrogen (secondary N) is 1. The van der Waals surface area contributed by atoms with Crippen molar-refractivity contribution in [1.82, 2.24) is 19.8 Å². The highest BCUT2D eigenvalue weighted by Crippen LogP contribution is 2.20. The molecule has 1 fully saturated rings. The van der Waals surface area contributed by atoms with E-state index in [-0.39, 0.29) is 0 Å². The lowest BCUT2D eigenvalue weighted by atomic mass is 9.98. The SMILES string of the molecule is CCn1cncc1CNC1CCN(C(C)(C)C)CC1. The summed E-state index contributed by atoms with van der Waals surface area (Å²) < 4.78 is 2.21. The molecule has 1 N–H and O–H groups in total. The number of imidazole rings is 1. The van der Waals surface area contributed by atoms with E-state index in [4.69, 9.17) is 0 Å². The first-order chi connectivity index (χ1) is 9.00. The second-order valence-corrected chi connectivity index (χ2v) is 6.48. The summed E-state index contributed by atoms with van der Waals surface area (Å²) in [6, 6.07) is 0.652. The maximum absolute atomic E-state index is 4.22. The average molecular weight is 264 g/mol. The molecule has 1 aromatic rings. The van der Waals surface area contributed by atoms with Crippen LogP contribution in [-0.4, -0.2) is 39.1 Å². The Morgan fingerprint density at radius 3 is 2.58 bits per heavy atom. The molecule has 0 aliphatic carbocycles. The lowest BCUT2D eigenvalue weighted by Crippen LogP contribution is -2.49. The first kappa shape index (κ1) is 14.5. The van der Waals surface area contributed by atoms with Gasteiger partial charge in [0.15, 0.2) is 0 Å². The number of likely N-dealkylation sites (tertiary alicyclic amines) is 1. The van der Waals surface area contributed by atoms with Crippen LogP contribution in [0.4, 0.5) is 0 Å². The van der Waals surface area contributed by atoms with Crippen molar-refractivity contribution in [3.8, 4) is 0 Å². The van der Waals surface area contributed by atoms with Crippen LogP contribution in [0.15, 0.2) is 12.5 Å². The van der Waals surface area contributed by atoms with Gasteiger partial charge in [-0.05, 0) is 40.5 Å². The smallest absolute Gasteiger partial charge is 0.0948 e. The van der Waals surface area contributed by atoms with Crippen molar-refractivity contribution < 1.29 is 0 Å². The van der Waals surface area contributed by atoms with E-state index in [0.717, 1.165) is 13.1 Å². The molecule has 2 rings (SSSR count). The molecule has 1 aromatic heterocycles. The summed E-state index contributed by atoms with van der Waals surface area (Å²) >= 11 is 0. The lowest BCUT2D eigenvalue weighted by molar-refractivity contribution is 0.0959. The minimum atomic E-state index is 0.311. The number of rotatable bonds is 4. The molecule has 4 nitrogen and oxygen atoms in total. The van der Waals surface area contributed by atoms with Gasteiger partial charge in [0.1, 0.15) is 0 Å². The van der Waals surface area contributed by atoms with Crippen LogP contribution in [0.3, 0.4) is 0 Å². The molecular formula is C15H28N4. The zero-order valence-electron chi connectivity index (χ0n) is 12.8. The van der Waals surface area contributed by atoms with Gasteiger partial charge >= 0.3 is 0 Å². The van der Waals surface area contributed by atoms with Crippen molar-refractivity contribution in [3.05, 3.63) is 18.2 Å². The fourth-order valence-electron chi connectivity index (χ4n) is 2.78. The average Bonchev–Trinajstić information content (AvgIpc) is 2.83. The summed E-state index contributed by atoms with van der Waals surface area (Å²) in [5.74, 6) is 0. The molecule has 4 heteroatoms. The Morgan fingerprint density at radius 2 is 2.00 bits per heavy atom. The summed E-state index contributed by atoms with van der Waals surface area (Å²) in [5, 5.41) is 3.68. The van der Waals surface area contributed by atoms with Gasteiger partial charge in [-0.1, -0.05) is 0 Å². The fourth-order valence-corrected chi connectivity index (χ4v) is 2.78. The van der Waals surface area contributed by atoms with Crippen LogP contribution in [0.2, 0.25) is 0 Å². The van der Waals surface area contributed by atoms with Crippen molar-refractivity contribution in [2.24, 2.45) is 0 Å². The molecule has 1 saturated heterocycles. The van der Waals surface area contributed by atoms with Gasteiger partial charge in [-0.25, -0.2) is 4.98 Å². The van der Waals surface area contributed by atoms with Gasteiger partial charge < -0.3 is 9.88 Å². The van der Waals surface area contributed by atoms with E-state index in [2.05, 4.69) is 47.5 Å². The van der Waals surface area contributed by atoms with E-state index in [9.17, 15) is 0 Å². The Morgan fingerprint density at radius 1 is 1.32 bits per heavy atom. The molecule has 19 heavy (non-hydrogen) atoms. The molecule has 0 radical (unpaired) electrons. The van der Waals surface area contributed by atoms with Gasteiger partial charge in [0.25, 0.3) is 0 Å². The molecule has 0 bridgehead atoms. The maximum Gasteiger partial charge on any atom is 0.0948 e. The number of aryl methyl sites for hydroxylation is 1. The molecule has 0 saturated carbocycles. The van der Waals surface area contributed by atoms with Crippen LogP contribution in [0.25, 0.3) is 0 Å². The lowest BCUT2D eigenvalue weighted by Gasteiger charge is -2.41. The molecule has 0 amide bonds. The highest BCUT2D eigenvalue weighted by Gasteiger charge is 2.26. The van der Waals surface area contributed by atoms with Crippen LogP contribution in [0, 0.1) is 0 Å². The Bertz CT molecular complexity index is 383. The minimum absolute atomic E-state index is 0.311. The molecule has 2 heterocycles. The third-order valence-electron chi connectivity index (χ3n) is 4.15. The predicted octanol–water partition coefficient (Wildman–Crippen LogP) is 2.26. The Kier molecular flexibility index (Phi) is 4.63. The van der Waals surface area contributed by atoms with E-state index in [1.54, 1.807) is 0 Å². The van der Waals surface area contributed by atoms with Gasteiger partial charge in [-0.3, -0.25) is 4.90 Å². The molecule has 108 valence electrons. The highest BCUT2D eigenvalue weighted by atomic mass is 15.2.